The summed E-state index contributed by atoms with van der Waals surface area (Å²) in [4.78, 5) is 24.2. The van der Waals surface area contributed by atoms with Gasteiger partial charge in [0.05, 0.1) is 12.8 Å². The van der Waals surface area contributed by atoms with E-state index >= 15 is 0 Å². The van der Waals surface area contributed by atoms with Gasteiger partial charge in [0.25, 0.3) is 5.56 Å². The van der Waals surface area contributed by atoms with Crippen molar-refractivity contribution < 1.29 is 4.74 Å². The highest BCUT2D eigenvalue weighted by Gasteiger charge is 2.38. The molecule has 0 bridgehead atoms. The molecule has 30 heavy (non-hydrogen) atoms. The number of nitrogens with zero attached hydrogens (tertiary/aromatic N) is 4. The molecule has 2 atom stereocenters. The Hall–Kier alpha value is -3.15. The molecule has 1 aliphatic carbocycles. The van der Waals surface area contributed by atoms with Crippen molar-refractivity contribution in [2.45, 2.75) is 37.6 Å². The van der Waals surface area contributed by atoms with Crippen molar-refractivity contribution in [1.82, 2.24) is 14.5 Å². The molecule has 0 N–H and O–H groups in total. The van der Waals surface area contributed by atoms with E-state index < -0.39 is 0 Å². The predicted molar refractivity (Wildman–Crippen MR) is 117 cm³/mol. The van der Waals surface area contributed by atoms with Crippen molar-refractivity contribution in [3.63, 3.8) is 0 Å². The van der Waals surface area contributed by atoms with E-state index in [0.717, 1.165) is 43.1 Å². The van der Waals surface area contributed by atoms with Gasteiger partial charge in [-0.1, -0.05) is 6.07 Å². The zero-order valence-corrected chi connectivity index (χ0v) is 17.4. The third kappa shape index (κ3) is 3.16. The summed E-state index contributed by atoms with van der Waals surface area (Å²) < 4.78 is 7.12. The lowest BCUT2D eigenvalue weighted by Crippen LogP contribution is -2.48. The van der Waals surface area contributed by atoms with Crippen LogP contribution in [0.2, 0.25) is 0 Å². The molecule has 0 amide bonds. The summed E-state index contributed by atoms with van der Waals surface area (Å²) >= 11 is 0. The molecule has 1 saturated heterocycles. The van der Waals surface area contributed by atoms with E-state index in [1.807, 2.05) is 19.2 Å². The number of pyridine rings is 1. The van der Waals surface area contributed by atoms with E-state index in [0.29, 0.717) is 17.7 Å². The van der Waals surface area contributed by atoms with Crippen LogP contribution in [0.3, 0.4) is 0 Å². The van der Waals surface area contributed by atoms with Crippen LogP contribution in [0.4, 0.5) is 5.95 Å². The number of methoxy groups -OCH3 is 1. The molecule has 5 rings (SSSR count). The molecule has 3 aromatic rings. The van der Waals surface area contributed by atoms with Crippen molar-refractivity contribution >= 4 is 5.95 Å². The average Bonchev–Trinajstić information content (AvgIpc) is 2.80. The van der Waals surface area contributed by atoms with E-state index in [1.165, 1.54) is 17.5 Å². The first kappa shape index (κ1) is 18.9. The van der Waals surface area contributed by atoms with Crippen LogP contribution in [-0.4, -0.2) is 34.2 Å². The lowest BCUT2D eigenvalue weighted by atomic mass is 9.74. The highest BCUT2D eigenvalue weighted by Crippen LogP contribution is 2.42. The standard InChI is InChI=1S/C24H26N4O2/c1-27-23(29)15-21(16-9-11-25-12-10-16)26-24(27)28-13-3-4-20-19-7-6-18(30-2)14-17(19)5-8-22(20)28/h6-7,9-12,14-15,20,22H,3-5,8,13H2,1-2H3/t20?,22-/m1/s1. The lowest BCUT2D eigenvalue weighted by Gasteiger charge is -2.45. The molecular formula is C24H26N4O2. The fourth-order valence-electron chi connectivity index (χ4n) is 5.07. The first-order chi connectivity index (χ1) is 14.7. The van der Waals surface area contributed by atoms with E-state index in [1.54, 1.807) is 30.1 Å². The average molecular weight is 402 g/mol. The maximum absolute atomic E-state index is 12.8. The molecular weight excluding hydrogens is 376 g/mol. The Morgan fingerprint density at radius 2 is 1.93 bits per heavy atom. The molecule has 3 heterocycles. The van der Waals surface area contributed by atoms with Gasteiger partial charge in [0.2, 0.25) is 5.95 Å². The Morgan fingerprint density at radius 1 is 1.10 bits per heavy atom. The summed E-state index contributed by atoms with van der Waals surface area (Å²) in [5.41, 5.74) is 4.41. The third-order valence-corrected chi connectivity index (χ3v) is 6.58. The van der Waals surface area contributed by atoms with Crippen LogP contribution in [0, 0.1) is 0 Å². The van der Waals surface area contributed by atoms with Crippen LogP contribution in [0.25, 0.3) is 11.3 Å². The van der Waals surface area contributed by atoms with Gasteiger partial charge in [0.1, 0.15) is 5.75 Å². The van der Waals surface area contributed by atoms with E-state index in [4.69, 9.17) is 9.72 Å². The van der Waals surface area contributed by atoms with Crippen molar-refractivity contribution in [3.8, 4) is 17.0 Å². The summed E-state index contributed by atoms with van der Waals surface area (Å²) in [5.74, 6) is 2.14. The Labute approximate surface area is 176 Å². The molecule has 0 radical (unpaired) electrons. The summed E-state index contributed by atoms with van der Waals surface area (Å²) in [5, 5.41) is 0. The maximum atomic E-state index is 12.8. The fourth-order valence-corrected chi connectivity index (χ4v) is 5.07. The Balaban J connectivity index is 1.55. The smallest absolute Gasteiger partial charge is 0.255 e. The van der Waals surface area contributed by atoms with Crippen LogP contribution < -0.4 is 15.2 Å². The molecule has 2 aliphatic rings. The van der Waals surface area contributed by atoms with Gasteiger partial charge in [-0.15, -0.1) is 0 Å². The van der Waals surface area contributed by atoms with E-state index in [9.17, 15) is 4.79 Å². The fraction of sp³-hybridized carbons (Fsp3) is 0.375. The summed E-state index contributed by atoms with van der Waals surface area (Å²) in [6, 6.07) is 12.2. The molecule has 1 fully saturated rings. The Bertz CT molecular complexity index is 1130. The van der Waals surface area contributed by atoms with Gasteiger partial charge in [0.15, 0.2) is 0 Å². The maximum Gasteiger partial charge on any atom is 0.255 e. The minimum atomic E-state index is -0.0325. The number of fused-ring (bicyclic) bond motifs is 3. The number of benzene rings is 1. The van der Waals surface area contributed by atoms with Crippen LogP contribution in [0.15, 0.2) is 53.6 Å². The Kier molecular flexibility index (Phi) is 4.77. The molecule has 154 valence electrons. The minimum Gasteiger partial charge on any atom is -0.497 e. The molecule has 1 aliphatic heterocycles. The molecule has 1 unspecified atom stereocenters. The molecule has 0 saturated carbocycles. The number of piperidine rings is 1. The zero-order valence-electron chi connectivity index (χ0n) is 17.4. The number of ether oxygens (including phenoxy) is 1. The second-order valence-electron chi connectivity index (χ2n) is 8.19. The van der Waals surface area contributed by atoms with Crippen LogP contribution in [-0.2, 0) is 13.5 Å². The topological polar surface area (TPSA) is 60.2 Å². The van der Waals surface area contributed by atoms with Gasteiger partial charge >= 0.3 is 0 Å². The van der Waals surface area contributed by atoms with Crippen molar-refractivity contribution in [2.24, 2.45) is 7.05 Å². The molecule has 1 aromatic carbocycles. The number of rotatable bonds is 3. The van der Waals surface area contributed by atoms with E-state index in [-0.39, 0.29) is 5.56 Å². The summed E-state index contributed by atoms with van der Waals surface area (Å²) in [6.07, 6.45) is 7.79. The highest BCUT2D eigenvalue weighted by atomic mass is 16.5. The van der Waals surface area contributed by atoms with Crippen LogP contribution in [0.5, 0.6) is 5.75 Å². The monoisotopic (exact) mass is 402 g/mol. The zero-order chi connectivity index (χ0) is 20.7. The highest BCUT2D eigenvalue weighted by molar-refractivity contribution is 5.60. The third-order valence-electron chi connectivity index (χ3n) is 6.58. The number of anilines is 1. The Morgan fingerprint density at radius 3 is 2.73 bits per heavy atom. The lowest BCUT2D eigenvalue weighted by molar-refractivity contribution is 0.356. The second-order valence-corrected chi connectivity index (χ2v) is 8.19. The van der Waals surface area contributed by atoms with Gasteiger partial charge in [-0.05, 0) is 61.1 Å². The number of aromatic nitrogens is 3. The van der Waals surface area contributed by atoms with Crippen molar-refractivity contribution in [3.05, 3.63) is 70.3 Å². The van der Waals surface area contributed by atoms with Gasteiger partial charge in [-0.3, -0.25) is 14.3 Å². The number of hydrogen-bond donors (Lipinski definition) is 0. The van der Waals surface area contributed by atoms with Crippen LogP contribution >= 0.6 is 0 Å². The number of aryl methyl sites for hydroxylation is 1. The minimum absolute atomic E-state index is 0.0325. The second kappa shape index (κ2) is 7.59. The first-order valence-electron chi connectivity index (χ1n) is 10.6. The molecule has 6 nitrogen and oxygen atoms in total. The van der Waals surface area contributed by atoms with Crippen LogP contribution in [0.1, 0.15) is 36.3 Å². The quantitative estimate of drug-likeness (QED) is 0.671. The van der Waals surface area contributed by atoms with Crippen molar-refractivity contribution in [1.29, 1.82) is 0 Å². The number of hydrogen-bond acceptors (Lipinski definition) is 5. The molecule has 2 aromatic heterocycles. The van der Waals surface area contributed by atoms with Crippen molar-refractivity contribution in [2.75, 3.05) is 18.6 Å². The predicted octanol–water partition coefficient (Wildman–Crippen LogP) is 3.55. The first-order valence-corrected chi connectivity index (χ1v) is 10.6. The van der Waals surface area contributed by atoms with Gasteiger partial charge in [-0.25, -0.2) is 4.98 Å². The largest absolute Gasteiger partial charge is 0.497 e. The summed E-state index contributed by atoms with van der Waals surface area (Å²) in [7, 11) is 3.55. The van der Waals surface area contributed by atoms with E-state index in [2.05, 4.69) is 28.1 Å². The SMILES string of the molecule is COc1ccc2c(c1)CC[C@@H]1C2CCCN1c1nc(-c2ccncc2)cc(=O)n1C. The molecule has 6 heteroatoms. The van der Waals surface area contributed by atoms with Gasteiger partial charge < -0.3 is 9.64 Å². The van der Waals surface area contributed by atoms with Gasteiger partial charge in [0, 0.05) is 49.6 Å². The van der Waals surface area contributed by atoms with Gasteiger partial charge in [-0.2, -0.15) is 0 Å². The summed E-state index contributed by atoms with van der Waals surface area (Å²) in [6.45, 7) is 0.923. The normalized spacial score (nSPS) is 20.4. The molecule has 0 spiro atoms.